The maximum atomic E-state index is 4.41. The van der Waals surface area contributed by atoms with Crippen LogP contribution in [0, 0.1) is 0 Å². The van der Waals surface area contributed by atoms with Crippen LogP contribution in [0.15, 0.2) is 6.33 Å². The number of aromatic amines is 1. The van der Waals surface area contributed by atoms with Gasteiger partial charge in [0.25, 0.3) is 0 Å². The van der Waals surface area contributed by atoms with E-state index in [2.05, 4.69) is 52.8 Å². The standard InChI is InChI=1S/C13H21N5/c1-5-18(6-2)7-10-11-12(9(3)4)14-8-15-13(11)17-16-10/h8-9H,5-7H2,1-4H3,(H,14,15,16,17). The fourth-order valence-corrected chi connectivity index (χ4v) is 2.16. The van der Waals surface area contributed by atoms with Gasteiger partial charge in [-0.25, -0.2) is 9.97 Å². The van der Waals surface area contributed by atoms with Crippen LogP contribution in [-0.4, -0.2) is 38.2 Å². The number of nitrogens with one attached hydrogen (secondary N) is 1. The van der Waals surface area contributed by atoms with Crippen molar-refractivity contribution in [2.45, 2.75) is 40.2 Å². The molecule has 0 saturated heterocycles. The van der Waals surface area contributed by atoms with Crippen LogP contribution in [0.5, 0.6) is 0 Å². The molecule has 0 bridgehead atoms. The zero-order valence-corrected chi connectivity index (χ0v) is 11.6. The first-order valence-corrected chi connectivity index (χ1v) is 6.57. The summed E-state index contributed by atoms with van der Waals surface area (Å²) < 4.78 is 0. The second kappa shape index (κ2) is 5.44. The lowest BCUT2D eigenvalue weighted by atomic mass is 10.1. The normalized spacial score (nSPS) is 11.9. The number of rotatable bonds is 5. The van der Waals surface area contributed by atoms with Crippen LogP contribution < -0.4 is 0 Å². The van der Waals surface area contributed by atoms with Gasteiger partial charge in [0.1, 0.15) is 6.33 Å². The van der Waals surface area contributed by atoms with Crippen molar-refractivity contribution in [3.63, 3.8) is 0 Å². The molecule has 1 N–H and O–H groups in total. The van der Waals surface area contributed by atoms with E-state index in [1.807, 2.05) is 0 Å². The molecule has 0 atom stereocenters. The second-order valence-corrected chi connectivity index (χ2v) is 4.77. The monoisotopic (exact) mass is 247 g/mol. The van der Waals surface area contributed by atoms with E-state index in [-0.39, 0.29) is 0 Å². The zero-order chi connectivity index (χ0) is 13.1. The first-order chi connectivity index (χ1) is 8.67. The number of H-pyrrole nitrogens is 1. The molecule has 2 heterocycles. The first kappa shape index (κ1) is 13.0. The van der Waals surface area contributed by atoms with Crippen molar-refractivity contribution in [3.8, 4) is 0 Å². The Morgan fingerprint density at radius 1 is 1.22 bits per heavy atom. The molecule has 18 heavy (non-hydrogen) atoms. The molecule has 0 fully saturated rings. The van der Waals surface area contributed by atoms with Crippen LogP contribution in [0.4, 0.5) is 0 Å². The zero-order valence-electron chi connectivity index (χ0n) is 11.6. The van der Waals surface area contributed by atoms with Crippen molar-refractivity contribution in [2.24, 2.45) is 0 Å². The lowest BCUT2D eigenvalue weighted by molar-refractivity contribution is 0.293. The first-order valence-electron chi connectivity index (χ1n) is 6.57. The van der Waals surface area contributed by atoms with Crippen LogP contribution in [0.2, 0.25) is 0 Å². The lowest BCUT2D eigenvalue weighted by Gasteiger charge is -2.17. The summed E-state index contributed by atoms with van der Waals surface area (Å²) in [5, 5.41) is 8.51. The molecule has 0 radical (unpaired) electrons. The van der Waals surface area contributed by atoms with Gasteiger partial charge >= 0.3 is 0 Å². The van der Waals surface area contributed by atoms with Gasteiger partial charge in [-0.2, -0.15) is 5.10 Å². The van der Waals surface area contributed by atoms with E-state index < -0.39 is 0 Å². The van der Waals surface area contributed by atoms with E-state index in [1.165, 1.54) is 0 Å². The molecule has 0 aliphatic heterocycles. The smallest absolute Gasteiger partial charge is 0.159 e. The van der Waals surface area contributed by atoms with Gasteiger partial charge in [-0.15, -0.1) is 0 Å². The maximum Gasteiger partial charge on any atom is 0.159 e. The van der Waals surface area contributed by atoms with Crippen LogP contribution in [0.1, 0.15) is 45.0 Å². The fourth-order valence-electron chi connectivity index (χ4n) is 2.16. The molecular formula is C13H21N5. The summed E-state index contributed by atoms with van der Waals surface area (Å²) in [5.41, 5.74) is 2.98. The Balaban J connectivity index is 2.45. The van der Waals surface area contributed by atoms with Gasteiger partial charge in [0.15, 0.2) is 5.65 Å². The predicted octanol–water partition coefficient (Wildman–Crippen LogP) is 2.32. The lowest BCUT2D eigenvalue weighted by Crippen LogP contribution is -2.22. The van der Waals surface area contributed by atoms with Crippen molar-refractivity contribution in [2.75, 3.05) is 13.1 Å². The highest BCUT2D eigenvalue weighted by molar-refractivity contribution is 5.80. The Morgan fingerprint density at radius 2 is 1.94 bits per heavy atom. The van der Waals surface area contributed by atoms with E-state index in [0.29, 0.717) is 5.92 Å². The maximum absolute atomic E-state index is 4.41. The van der Waals surface area contributed by atoms with Crippen LogP contribution >= 0.6 is 0 Å². The number of nitrogens with zero attached hydrogens (tertiary/aromatic N) is 4. The number of hydrogen-bond acceptors (Lipinski definition) is 4. The Labute approximate surface area is 108 Å². The largest absolute Gasteiger partial charge is 0.298 e. The van der Waals surface area contributed by atoms with E-state index >= 15 is 0 Å². The van der Waals surface area contributed by atoms with Crippen molar-refractivity contribution in [1.29, 1.82) is 0 Å². The quantitative estimate of drug-likeness (QED) is 0.881. The van der Waals surface area contributed by atoms with Crippen LogP contribution in [0.25, 0.3) is 11.0 Å². The highest BCUT2D eigenvalue weighted by atomic mass is 15.2. The summed E-state index contributed by atoms with van der Waals surface area (Å²) in [7, 11) is 0. The summed E-state index contributed by atoms with van der Waals surface area (Å²) in [5.74, 6) is 0.378. The molecule has 0 unspecified atom stereocenters. The molecular weight excluding hydrogens is 226 g/mol. The predicted molar refractivity (Wildman–Crippen MR) is 72.4 cm³/mol. The molecule has 0 saturated carbocycles. The summed E-state index contributed by atoms with van der Waals surface area (Å²) in [6, 6.07) is 0. The van der Waals surface area contributed by atoms with Gasteiger partial charge in [0.05, 0.1) is 16.8 Å². The summed E-state index contributed by atoms with van der Waals surface area (Å²) in [6.45, 7) is 11.5. The number of fused-ring (bicyclic) bond motifs is 1. The summed E-state index contributed by atoms with van der Waals surface area (Å²) in [4.78, 5) is 11.0. The summed E-state index contributed by atoms with van der Waals surface area (Å²) in [6.07, 6.45) is 1.61. The molecule has 0 aliphatic rings. The Kier molecular flexibility index (Phi) is 3.91. The Bertz CT molecular complexity index is 513. The van der Waals surface area contributed by atoms with Gasteiger partial charge in [-0.1, -0.05) is 27.7 Å². The summed E-state index contributed by atoms with van der Waals surface area (Å²) >= 11 is 0. The molecule has 5 heteroatoms. The Hall–Kier alpha value is -1.49. The third-order valence-corrected chi connectivity index (χ3v) is 3.28. The van der Waals surface area contributed by atoms with Gasteiger partial charge in [0.2, 0.25) is 0 Å². The van der Waals surface area contributed by atoms with Crippen molar-refractivity contribution < 1.29 is 0 Å². The minimum Gasteiger partial charge on any atom is -0.298 e. The van der Waals surface area contributed by atoms with E-state index in [9.17, 15) is 0 Å². The number of hydrogen-bond donors (Lipinski definition) is 1. The average molecular weight is 247 g/mol. The second-order valence-electron chi connectivity index (χ2n) is 4.77. The van der Waals surface area contributed by atoms with Gasteiger partial charge in [0, 0.05) is 6.54 Å². The molecule has 2 rings (SSSR count). The minimum absolute atomic E-state index is 0.378. The molecule has 0 aromatic carbocycles. The molecule has 0 amide bonds. The highest BCUT2D eigenvalue weighted by Gasteiger charge is 2.16. The van der Waals surface area contributed by atoms with Crippen molar-refractivity contribution >= 4 is 11.0 Å². The van der Waals surface area contributed by atoms with Gasteiger partial charge in [-0.3, -0.25) is 10.00 Å². The molecule has 0 spiro atoms. The van der Waals surface area contributed by atoms with E-state index in [1.54, 1.807) is 6.33 Å². The SMILES string of the molecule is CCN(CC)Cc1n[nH]c2ncnc(C(C)C)c12. The molecule has 0 aliphatic carbocycles. The van der Waals surface area contributed by atoms with Crippen molar-refractivity contribution in [1.82, 2.24) is 25.1 Å². The third kappa shape index (κ3) is 2.36. The topological polar surface area (TPSA) is 57.7 Å². The average Bonchev–Trinajstić information content (AvgIpc) is 2.78. The Morgan fingerprint density at radius 3 is 2.56 bits per heavy atom. The fraction of sp³-hybridized carbons (Fsp3) is 0.615. The molecule has 98 valence electrons. The number of aromatic nitrogens is 4. The highest BCUT2D eigenvalue weighted by Crippen LogP contribution is 2.24. The van der Waals surface area contributed by atoms with Crippen molar-refractivity contribution in [3.05, 3.63) is 17.7 Å². The van der Waals surface area contributed by atoms with E-state index in [4.69, 9.17) is 0 Å². The van der Waals surface area contributed by atoms with Gasteiger partial charge < -0.3 is 0 Å². The molecule has 2 aromatic heterocycles. The van der Waals surface area contributed by atoms with Crippen LogP contribution in [-0.2, 0) is 6.54 Å². The molecule has 5 nitrogen and oxygen atoms in total. The third-order valence-electron chi connectivity index (χ3n) is 3.28. The minimum atomic E-state index is 0.378. The van der Waals surface area contributed by atoms with Crippen LogP contribution in [0.3, 0.4) is 0 Å². The van der Waals surface area contributed by atoms with E-state index in [0.717, 1.165) is 42.1 Å². The van der Waals surface area contributed by atoms with Gasteiger partial charge in [-0.05, 0) is 19.0 Å². The molecule has 2 aromatic rings.